The van der Waals surface area contributed by atoms with E-state index in [-0.39, 0.29) is 0 Å². The molecule has 0 fully saturated rings. The highest BCUT2D eigenvalue weighted by molar-refractivity contribution is 5.93. The summed E-state index contributed by atoms with van der Waals surface area (Å²) in [5, 5.41) is 2.86. The Bertz CT molecular complexity index is 606. The molecular formula is C17H19NO2. The van der Waals surface area contributed by atoms with E-state index in [4.69, 9.17) is 4.74 Å². The summed E-state index contributed by atoms with van der Waals surface area (Å²) in [6.45, 7) is 6.18. The van der Waals surface area contributed by atoms with Gasteiger partial charge in [0.05, 0.1) is 12.3 Å². The van der Waals surface area contributed by atoms with Crippen molar-refractivity contribution in [1.29, 1.82) is 0 Å². The molecule has 0 aromatic heterocycles. The van der Waals surface area contributed by atoms with Gasteiger partial charge in [-0.1, -0.05) is 42.5 Å². The summed E-state index contributed by atoms with van der Waals surface area (Å²) in [5.74, 6) is 0. The van der Waals surface area contributed by atoms with Crippen molar-refractivity contribution in [2.45, 2.75) is 20.8 Å². The molecule has 3 nitrogen and oxygen atoms in total. The van der Waals surface area contributed by atoms with Gasteiger partial charge in [0.15, 0.2) is 0 Å². The van der Waals surface area contributed by atoms with Crippen LogP contribution >= 0.6 is 0 Å². The highest BCUT2D eigenvalue weighted by Gasteiger charge is 2.13. The largest absolute Gasteiger partial charge is 0.450 e. The van der Waals surface area contributed by atoms with E-state index >= 15 is 0 Å². The molecule has 20 heavy (non-hydrogen) atoms. The maximum Gasteiger partial charge on any atom is 0.411 e. The smallest absolute Gasteiger partial charge is 0.411 e. The van der Waals surface area contributed by atoms with Gasteiger partial charge in [0, 0.05) is 5.56 Å². The molecule has 0 saturated carbocycles. The second-order valence-electron chi connectivity index (χ2n) is 4.64. The molecule has 2 aromatic rings. The Morgan fingerprint density at radius 3 is 2.45 bits per heavy atom. The Morgan fingerprint density at radius 1 is 1.10 bits per heavy atom. The molecular weight excluding hydrogens is 250 g/mol. The Hall–Kier alpha value is -2.29. The third-order valence-electron chi connectivity index (χ3n) is 3.32. The van der Waals surface area contributed by atoms with Gasteiger partial charge >= 0.3 is 6.09 Å². The minimum absolute atomic E-state index is 0.358. The fourth-order valence-electron chi connectivity index (χ4n) is 2.10. The number of carbonyl (C=O) groups is 1. The lowest BCUT2D eigenvalue weighted by molar-refractivity contribution is 0.168. The third-order valence-corrected chi connectivity index (χ3v) is 3.32. The number of nitrogens with one attached hydrogen (secondary N) is 1. The van der Waals surface area contributed by atoms with Crippen LogP contribution in [-0.2, 0) is 4.74 Å². The minimum atomic E-state index is -0.418. The second-order valence-corrected chi connectivity index (χ2v) is 4.64. The summed E-state index contributed by atoms with van der Waals surface area (Å²) in [4.78, 5) is 11.7. The minimum Gasteiger partial charge on any atom is -0.450 e. The average Bonchev–Trinajstić information content (AvgIpc) is 2.45. The number of amides is 1. The van der Waals surface area contributed by atoms with E-state index in [0.29, 0.717) is 6.61 Å². The number of benzene rings is 2. The van der Waals surface area contributed by atoms with Gasteiger partial charge in [-0.3, -0.25) is 5.32 Å². The summed E-state index contributed by atoms with van der Waals surface area (Å²) in [6.07, 6.45) is -0.418. The van der Waals surface area contributed by atoms with Crippen LogP contribution in [0.2, 0.25) is 0 Å². The van der Waals surface area contributed by atoms with Crippen LogP contribution in [0.4, 0.5) is 10.5 Å². The number of hydrogen-bond donors (Lipinski definition) is 1. The summed E-state index contributed by atoms with van der Waals surface area (Å²) in [6, 6.07) is 14.1. The van der Waals surface area contributed by atoms with Crippen molar-refractivity contribution in [3.8, 4) is 11.1 Å². The van der Waals surface area contributed by atoms with Crippen molar-refractivity contribution in [2.75, 3.05) is 11.9 Å². The average molecular weight is 269 g/mol. The van der Waals surface area contributed by atoms with Crippen LogP contribution in [0.1, 0.15) is 18.1 Å². The van der Waals surface area contributed by atoms with Gasteiger partial charge in [0.2, 0.25) is 0 Å². The Morgan fingerprint density at radius 2 is 1.80 bits per heavy atom. The first kappa shape index (κ1) is 14.1. The first-order valence-electron chi connectivity index (χ1n) is 6.73. The SMILES string of the molecule is CCOC(=O)Nc1c(-c2ccccc2)ccc(C)c1C. The molecule has 1 amide bonds. The number of carbonyl (C=O) groups excluding carboxylic acids is 1. The van der Waals surface area contributed by atoms with Crippen LogP contribution in [0, 0.1) is 13.8 Å². The topological polar surface area (TPSA) is 38.3 Å². The number of rotatable bonds is 3. The molecule has 0 bridgehead atoms. The zero-order valence-corrected chi connectivity index (χ0v) is 12.1. The lowest BCUT2D eigenvalue weighted by Crippen LogP contribution is -2.15. The Balaban J connectivity index is 2.47. The molecule has 1 N–H and O–H groups in total. The van der Waals surface area contributed by atoms with Crippen LogP contribution in [-0.4, -0.2) is 12.7 Å². The van der Waals surface area contributed by atoms with Gasteiger partial charge in [-0.15, -0.1) is 0 Å². The molecule has 2 rings (SSSR count). The molecule has 104 valence electrons. The van der Waals surface area contributed by atoms with Gasteiger partial charge in [0.25, 0.3) is 0 Å². The number of aryl methyl sites for hydroxylation is 1. The molecule has 0 heterocycles. The van der Waals surface area contributed by atoms with Crippen LogP contribution < -0.4 is 5.32 Å². The van der Waals surface area contributed by atoms with Gasteiger partial charge in [-0.2, -0.15) is 0 Å². The van der Waals surface area contributed by atoms with Gasteiger partial charge in [0.1, 0.15) is 0 Å². The van der Waals surface area contributed by atoms with E-state index in [9.17, 15) is 4.79 Å². The van der Waals surface area contributed by atoms with E-state index in [0.717, 1.165) is 27.9 Å². The van der Waals surface area contributed by atoms with E-state index in [2.05, 4.69) is 11.4 Å². The summed E-state index contributed by atoms with van der Waals surface area (Å²) < 4.78 is 4.98. The summed E-state index contributed by atoms with van der Waals surface area (Å²) >= 11 is 0. The van der Waals surface area contributed by atoms with Crippen molar-refractivity contribution in [2.24, 2.45) is 0 Å². The van der Waals surface area contributed by atoms with E-state index in [1.807, 2.05) is 50.2 Å². The van der Waals surface area contributed by atoms with Crippen LogP contribution in [0.25, 0.3) is 11.1 Å². The molecule has 3 heteroatoms. The normalized spacial score (nSPS) is 10.2. The number of ether oxygens (including phenoxy) is 1. The van der Waals surface area contributed by atoms with Crippen LogP contribution in [0.3, 0.4) is 0 Å². The van der Waals surface area contributed by atoms with Crippen molar-refractivity contribution in [3.63, 3.8) is 0 Å². The standard InChI is InChI=1S/C17H19NO2/c1-4-20-17(19)18-16-13(3)12(2)10-11-15(16)14-8-6-5-7-9-14/h5-11H,4H2,1-3H3,(H,18,19). The zero-order valence-electron chi connectivity index (χ0n) is 12.1. The highest BCUT2D eigenvalue weighted by Crippen LogP contribution is 2.32. The molecule has 0 radical (unpaired) electrons. The molecule has 0 aliphatic rings. The number of hydrogen-bond acceptors (Lipinski definition) is 2. The molecule has 0 aliphatic carbocycles. The Labute approximate surface area is 119 Å². The molecule has 0 aliphatic heterocycles. The maximum atomic E-state index is 11.7. The van der Waals surface area contributed by atoms with E-state index < -0.39 is 6.09 Å². The van der Waals surface area contributed by atoms with E-state index in [1.54, 1.807) is 6.92 Å². The van der Waals surface area contributed by atoms with Crippen LogP contribution in [0.5, 0.6) is 0 Å². The third kappa shape index (κ3) is 2.99. The van der Waals surface area contributed by atoms with Gasteiger partial charge < -0.3 is 4.74 Å². The van der Waals surface area contributed by atoms with Crippen molar-refractivity contribution in [1.82, 2.24) is 0 Å². The predicted octanol–water partition coefficient (Wildman–Crippen LogP) is 4.54. The van der Waals surface area contributed by atoms with Crippen molar-refractivity contribution >= 4 is 11.8 Å². The molecule has 0 saturated heterocycles. The van der Waals surface area contributed by atoms with Gasteiger partial charge in [-0.05, 0) is 37.5 Å². The second kappa shape index (κ2) is 6.24. The van der Waals surface area contributed by atoms with Crippen molar-refractivity contribution < 1.29 is 9.53 Å². The maximum absolute atomic E-state index is 11.7. The fourth-order valence-corrected chi connectivity index (χ4v) is 2.10. The fraction of sp³-hybridized carbons (Fsp3) is 0.235. The first-order valence-corrected chi connectivity index (χ1v) is 6.73. The monoisotopic (exact) mass is 269 g/mol. The molecule has 0 atom stereocenters. The van der Waals surface area contributed by atoms with Gasteiger partial charge in [-0.25, -0.2) is 4.79 Å². The lowest BCUT2D eigenvalue weighted by atomic mass is 9.97. The quantitative estimate of drug-likeness (QED) is 0.888. The predicted molar refractivity (Wildman–Crippen MR) is 82.0 cm³/mol. The summed E-state index contributed by atoms with van der Waals surface area (Å²) in [5.41, 5.74) is 5.08. The zero-order chi connectivity index (χ0) is 14.5. The summed E-state index contributed by atoms with van der Waals surface area (Å²) in [7, 11) is 0. The lowest BCUT2D eigenvalue weighted by Gasteiger charge is -2.16. The van der Waals surface area contributed by atoms with E-state index in [1.165, 1.54) is 0 Å². The van der Waals surface area contributed by atoms with Crippen LogP contribution in [0.15, 0.2) is 42.5 Å². The Kier molecular flexibility index (Phi) is 4.41. The molecule has 2 aromatic carbocycles. The molecule has 0 unspecified atom stereocenters. The highest BCUT2D eigenvalue weighted by atomic mass is 16.5. The number of anilines is 1. The van der Waals surface area contributed by atoms with Crippen molar-refractivity contribution in [3.05, 3.63) is 53.6 Å². The first-order chi connectivity index (χ1) is 9.63. The molecule has 0 spiro atoms.